The van der Waals surface area contributed by atoms with Gasteiger partial charge in [0, 0.05) is 23.8 Å². The molecule has 1 unspecified atom stereocenters. The van der Waals surface area contributed by atoms with Gasteiger partial charge in [0.05, 0.1) is 18.9 Å². The van der Waals surface area contributed by atoms with E-state index in [4.69, 9.17) is 22.1 Å². The minimum atomic E-state index is -0.599. The molecule has 28 heavy (non-hydrogen) atoms. The molecule has 0 bridgehead atoms. The summed E-state index contributed by atoms with van der Waals surface area (Å²) in [5.41, 5.74) is 7.43. The number of morpholine rings is 1. The first-order valence-corrected chi connectivity index (χ1v) is 9.29. The number of aliphatic imine (C=N–C) groups is 2. The lowest BCUT2D eigenvalue weighted by atomic mass is 10.2. The van der Waals surface area contributed by atoms with Crippen LogP contribution in [0.2, 0.25) is 5.02 Å². The van der Waals surface area contributed by atoms with Gasteiger partial charge in [-0.3, -0.25) is 4.90 Å². The summed E-state index contributed by atoms with van der Waals surface area (Å²) >= 11 is 5.98. The molecule has 0 saturated carbocycles. The molecule has 1 atom stereocenters. The van der Waals surface area contributed by atoms with Gasteiger partial charge in [-0.2, -0.15) is 4.99 Å². The molecule has 7 nitrogen and oxygen atoms in total. The highest BCUT2D eigenvalue weighted by Crippen LogP contribution is 2.25. The van der Waals surface area contributed by atoms with E-state index in [0.29, 0.717) is 43.0 Å². The van der Waals surface area contributed by atoms with Crippen LogP contribution in [0.1, 0.15) is 0 Å². The molecule has 2 heterocycles. The summed E-state index contributed by atoms with van der Waals surface area (Å²) in [6.45, 7) is 2.49. The number of anilines is 2. The molecule has 0 aliphatic carbocycles. The second kappa shape index (κ2) is 8.04. The molecule has 2 aliphatic rings. The van der Waals surface area contributed by atoms with E-state index in [1.54, 1.807) is 18.2 Å². The summed E-state index contributed by atoms with van der Waals surface area (Å²) in [6.07, 6.45) is -0.599. The molecule has 1 saturated heterocycles. The molecule has 2 aromatic rings. The van der Waals surface area contributed by atoms with Crippen LogP contribution >= 0.6 is 11.6 Å². The SMILES string of the molecule is NC1=NC(Nc2ccc(Cl)cc2)N(c2cccc(F)c2)C(N2CCOCC2)=N1. The molecule has 146 valence electrons. The molecule has 0 spiro atoms. The van der Waals surface area contributed by atoms with Crippen molar-refractivity contribution >= 4 is 34.9 Å². The summed E-state index contributed by atoms with van der Waals surface area (Å²) in [6, 6.07) is 13.6. The quantitative estimate of drug-likeness (QED) is 0.825. The Morgan fingerprint density at radius 1 is 1.14 bits per heavy atom. The fourth-order valence-corrected chi connectivity index (χ4v) is 3.26. The Morgan fingerprint density at radius 2 is 1.89 bits per heavy atom. The zero-order chi connectivity index (χ0) is 19.5. The molecule has 0 aromatic heterocycles. The predicted molar refractivity (Wildman–Crippen MR) is 109 cm³/mol. The lowest BCUT2D eigenvalue weighted by Gasteiger charge is -2.41. The highest BCUT2D eigenvalue weighted by atomic mass is 35.5. The van der Waals surface area contributed by atoms with Gasteiger partial charge in [0.25, 0.3) is 0 Å². The number of halogens is 2. The van der Waals surface area contributed by atoms with Crippen molar-refractivity contribution in [2.45, 2.75) is 6.29 Å². The Morgan fingerprint density at radius 3 is 2.61 bits per heavy atom. The zero-order valence-corrected chi connectivity index (χ0v) is 15.8. The van der Waals surface area contributed by atoms with E-state index < -0.39 is 6.29 Å². The first kappa shape index (κ1) is 18.5. The number of hydrogen-bond acceptors (Lipinski definition) is 7. The van der Waals surface area contributed by atoms with E-state index in [1.165, 1.54) is 12.1 Å². The van der Waals surface area contributed by atoms with Crippen molar-refractivity contribution < 1.29 is 9.13 Å². The van der Waals surface area contributed by atoms with Gasteiger partial charge >= 0.3 is 0 Å². The number of nitrogens with zero attached hydrogens (tertiary/aromatic N) is 4. The molecular formula is C19H20ClFN6O. The van der Waals surface area contributed by atoms with Gasteiger partial charge in [-0.05, 0) is 42.5 Å². The minimum Gasteiger partial charge on any atom is -0.378 e. The van der Waals surface area contributed by atoms with E-state index in [9.17, 15) is 4.39 Å². The van der Waals surface area contributed by atoms with Crippen LogP contribution in [0.5, 0.6) is 0 Å². The van der Waals surface area contributed by atoms with Crippen LogP contribution in [-0.4, -0.2) is 49.4 Å². The summed E-state index contributed by atoms with van der Waals surface area (Å²) in [7, 11) is 0. The summed E-state index contributed by atoms with van der Waals surface area (Å²) in [5.74, 6) is 0.417. The maximum absolute atomic E-state index is 14.0. The standard InChI is InChI=1S/C19H20ClFN6O/c20-13-4-6-15(7-5-13)23-18-24-17(22)25-19(26-8-10-28-11-9-26)27(18)16-3-1-2-14(21)12-16/h1-7,12,18,23H,8-11H2,(H2,22,24). The average Bonchev–Trinajstić information content (AvgIpc) is 2.70. The molecule has 2 aliphatic heterocycles. The van der Waals surface area contributed by atoms with Gasteiger partial charge < -0.3 is 20.7 Å². The molecule has 0 amide bonds. The Hall–Kier alpha value is -2.84. The van der Waals surface area contributed by atoms with Crippen molar-refractivity contribution in [1.82, 2.24) is 4.90 Å². The maximum atomic E-state index is 14.0. The first-order chi connectivity index (χ1) is 13.6. The van der Waals surface area contributed by atoms with Crippen molar-refractivity contribution in [2.75, 3.05) is 36.5 Å². The fourth-order valence-electron chi connectivity index (χ4n) is 3.14. The van der Waals surface area contributed by atoms with Crippen LogP contribution < -0.4 is 16.0 Å². The number of hydrogen-bond donors (Lipinski definition) is 2. The largest absolute Gasteiger partial charge is 0.378 e. The number of benzene rings is 2. The molecule has 3 N–H and O–H groups in total. The third-order valence-electron chi connectivity index (χ3n) is 4.45. The molecule has 4 rings (SSSR count). The summed E-state index contributed by atoms with van der Waals surface area (Å²) in [5, 5.41) is 3.95. The second-order valence-electron chi connectivity index (χ2n) is 6.37. The fraction of sp³-hybridized carbons (Fsp3) is 0.263. The number of ether oxygens (including phenoxy) is 1. The Labute approximate surface area is 167 Å². The van der Waals surface area contributed by atoms with E-state index in [-0.39, 0.29) is 11.8 Å². The molecular weight excluding hydrogens is 383 g/mol. The Bertz CT molecular complexity index is 898. The van der Waals surface area contributed by atoms with Crippen LogP contribution in [0.3, 0.4) is 0 Å². The number of guanidine groups is 2. The number of nitrogens with two attached hydrogens (primary N) is 1. The highest BCUT2D eigenvalue weighted by molar-refractivity contribution is 6.30. The van der Waals surface area contributed by atoms with Gasteiger partial charge in [0.15, 0.2) is 0 Å². The normalized spacial score (nSPS) is 19.9. The summed E-state index contributed by atoms with van der Waals surface area (Å²) < 4.78 is 19.4. The zero-order valence-electron chi connectivity index (χ0n) is 15.1. The Kier molecular flexibility index (Phi) is 5.31. The van der Waals surface area contributed by atoms with Crippen LogP contribution in [0.25, 0.3) is 0 Å². The van der Waals surface area contributed by atoms with E-state index in [1.807, 2.05) is 23.1 Å². The van der Waals surface area contributed by atoms with E-state index >= 15 is 0 Å². The molecule has 2 aromatic carbocycles. The molecule has 0 radical (unpaired) electrons. The number of rotatable bonds is 3. The monoisotopic (exact) mass is 402 g/mol. The smallest absolute Gasteiger partial charge is 0.222 e. The lowest BCUT2D eigenvalue weighted by molar-refractivity contribution is 0.0671. The van der Waals surface area contributed by atoms with Crippen LogP contribution in [0.4, 0.5) is 15.8 Å². The van der Waals surface area contributed by atoms with Gasteiger partial charge in [-0.15, -0.1) is 0 Å². The van der Waals surface area contributed by atoms with Crippen molar-refractivity contribution in [1.29, 1.82) is 0 Å². The van der Waals surface area contributed by atoms with Crippen LogP contribution in [0, 0.1) is 5.82 Å². The summed E-state index contributed by atoms with van der Waals surface area (Å²) in [4.78, 5) is 12.8. The van der Waals surface area contributed by atoms with Gasteiger partial charge in [-0.25, -0.2) is 9.38 Å². The first-order valence-electron chi connectivity index (χ1n) is 8.92. The molecule has 9 heteroatoms. The molecule has 1 fully saturated rings. The third kappa shape index (κ3) is 4.02. The third-order valence-corrected chi connectivity index (χ3v) is 4.70. The second-order valence-corrected chi connectivity index (χ2v) is 6.81. The van der Waals surface area contributed by atoms with E-state index in [2.05, 4.69) is 20.2 Å². The average molecular weight is 403 g/mol. The predicted octanol–water partition coefficient (Wildman–Crippen LogP) is 2.70. The van der Waals surface area contributed by atoms with Gasteiger partial charge in [0.2, 0.25) is 18.2 Å². The number of nitrogens with one attached hydrogen (secondary N) is 1. The topological polar surface area (TPSA) is 78.5 Å². The Balaban J connectivity index is 1.72. The maximum Gasteiger partial charge on any atom is 0.222 e. The minimum absolute atomic E-state index is 0.153. The van der Waals surface area contributed by atoms with E-state index in [0.717, 1.165) is 5.69 Å². The lowest BCUT2D eigenvalue weighted by Crippen LogP contribution is -2.57. The van der Waals surface area contributed by atoms with Gasteiger partial charge in [-0.1, -0.05) is 17.7 Å². The van der Waals surface area contributed by atoms with Gasteiger partial charge in [0.1, 0.15) is 5.82 Å². The van der Waals surface area contributed by atoms with Crippen LogP contribution in [-0.2, 0) is 4.74 Å². The van der Waals surface area contributed by atoms with Crippen molar-refractivity contribution in [3.05, 3.63) is 59.4 Å². The van der Waals surface area contributed by atoms with Crippen molar-refractivity contribution in [3.63, 3.8) is 0 Å². The van der Waals surface area contributed by atoms with Crippen molar-refractivity contribution in [3.8, 4) is 0 Å². The highest BCUT2D eigenvalue weighted by Gasteiger charge is 2.32. The van der Waals surface area contributed by atoms with Crippen LogP contribution in [0.15, 0.2) is 58.5 Å². The van der Waals surface area contributed by atoms with Crippen molar-refractivity contribution in [2.24, 2.45) is 15.7 Å².